The second-order valence-corrected chi connectivity index (χ2v) is 4.14. The van der Waals surface area contributed by atoms with E-state index in [0.29, 0.717) is 18.3 Å². The molecule has 0 spiro atoms. The molecule has 0 N–H and O–H groups in total. The van der Waals surface area contributed by atoms with Gasteiger partial charge in [-0.1, -0.05) is 18.8 Å². The average molecular weight is 226 g/mol. The summed E-state index contributed by atoms with van der Waals surface area (Å²) in [4.78, 5) is 10.4. The quantitative estimate of drug-likeness (QED) is 0.736. The van der Waals surface area contributed by atoms with Crippen molar-refractivity contribution in [2.75, 3.05) is 11.4 Å². The Labute approximate surface area is 101 Å². The lowest BCUT2D eigenvalue weighted by atomic mass is 10.2. The first kappa shape index (κ1) is 11.4. The van der Waals surface area contributed by atoms with Gasteiger partial charge < -0.3 is 4.90 Å². The molecule has 17 heavy (non-hydrogen) atoms. The summed E-state index contributed by atoms with van der Waals surface area (Å²) in [6, 6.07) is 2.43. The fraction of sp³-hybridized carbons (Fsp3) is 0.462. The molecule has 1 aliphatic carbocycles. The molecule has 1 aliphatic rings. The van der Waals surface area contributed by atoms with Crippen molar-refractivity contribution in [1.82, 2.24) is 9.97 Å². The normalized spacial score (nSPS) is 15.2. The predicted molar refractivity (Wildman–Crippen MR) is 65.2 cm³/mol. The van der Waals surface area contributed by atoms with Gasteiger partial charge in [0, 0.05) is 6.04 Å². The molecular formula is C13H14N4. The molecular weight excluding hydrogens is 212 g/mol. The van der Waals surface area contributed by atoms with Gasteiger partial charge in [0.15, 0.2) is 5.69 Å². The van der Waals surface area contributed by atoms with Crippen LogP contribution in [0.2, 0.25) is 0 Å². The van der Waals surface area contributed by atoms with E-state index in [1.807, 2.05) is 6.07 Å². The summed E-state index contributed by atoms with van der Waals surface area (Å²) in [6.07, 6.45) is 13.3. The molecule has 0 aliphatic heterocycles. The molecule has 4 heteroatoms. The minimum Gasteiger partial charge on any atom is -0.341 e. The number of nitrogens with zero attached hydrogens (tertiary/aromatic N) is 4. The van der Waals surface area contributed by atoms with E-state index in [1.54, 1.807) is 6.20 Å². The Morgan fingerprint density at radius 3 is 2.65 bits per heavy atom. The highest BCUT2D eigenvalue weighted by Crippen LogP contribution is 2.26. The number of hydrogen-bond donors (Lipinski definition) is 0. The summed E-state index contributed by atoms with van der Waals surface area (Å²) in [7, 11) is 0. The van der Waals surface area contributed by atoms with Crippen LogP contribution in [0.4, 0.5) is 5.82 Å². The predicted octanol–water partition coefficient (Wildman–Crippen LogP) is 1.73. The first-order valence-electron chi connectivity index (χ1n) is 5.77. The van der Waals surface area contributed by atoms with E-state index in [1.165, 1.54) is 19.0 Å². The van der Waals surface area contributed by atoms with Crippen LogP contribution in [0, 0.1) is 23.7 Å². The Kier molecular flexibility index (Phi) is 3.57. The molecule has 1 fully saturated rings. The minimum atomic E-state index is 0.334. The molecule has 0 amide bonds. The first-order chi connectivity index (χ1) is 8.35. The Hall–Kier alpha value is -2.07. The molecule has 4 nitrogen and oxygen atoms in total. The third-order valence-corrected chi connectivity index (χ3v) is 3.07. The van der Waals surface area contributed by atoms with Crippen LogP contribution >= 0.6 is 0 Å². The molecule has 1 heterocycles. The van der Waals surface area contributed by atoms with Gasteiger partial charge in [0.05, 0.1) is 18.9 Å². The van der Waals surface area contributed by atoms with Gasteiger partial charge in [-0.3, -0.25) is 0 Å². The molecule has 0 bridgehead atoms. The largest absolute Gasteiger partial charge is 0.341 e. The molecule has 1 saturated carbocycles. The maximum Gasteiger partial charge on any atom is 0.158 e. The fourth-order valence-electron chi connectivity index (χ4n) is 2.24. The van der Waals surface area contributed by atoms with E-state index in [0.717, 1.165) is 18.7 Å². The van der Waals surface area contributed by atoms with E-state index >= 15 is 0 Å². The number of terminal acetylenes is 1. The van der Waals surface area contributed by atoms with Crippen LogP contribution in [-0.4, -0.2) is 22.6 Å². The van der Waals surface area contributed by atoms with Gasteiger partial charge in [0.1, 0.15) is 11.9 Å². The average Bonchev–Trinajstić information content (AvgIpc) is 2.90. The molecule has 0 aromatic carbocycles. The third-order valence-electron chi connectivity index (χ3n) is 3.07. The van der Waals surface area contributed by atoms with Gasteiger partial charge >= 0.3 is 0 Å². The van der Waals surface area contributed by atoms with E-state index < -0.39 is 0 Å². The number of anilines is 1. The maximum absolute atomic E-state index is 8.68. The lowest BCUT2D eigenvalue weighted by Gasteiger charge is -2.27. The zero-order valence-corrected chi connectivity index (χ0v) is 9.63. The molecule has 0 radical (unpaired) electrons. The van der Waals surface area contributed by atoms with Crippen LogP contribution in [-0.2, 0) is 0 Å². The second-order valence-electron chi connectivity index (χ2n) is 4.14. The Balaban J connectivity index is 2.20. The van der Waals surface area contributed by atoms with Crippen molar-refractivity contribution >= 4 is 5.82 Å². The first-order valence-corrected chi connectivity index (χ1v) is 5.77. The van der Waals surface area contributed by atoms with Crippen LogP contribution in [0.25, 0.3) is 0 Å². The minimum absolute atomic E-state index is 0.334. The van der Waals surface area contributed by atoms with Crippen molar-refractivity contribution in [2.24, 2.45) is 0 Å². The highest BCUT2D eigenvalue weighted by Gasteiger charge is 2.23. The molecule has 0 saturated heterocycles. The van der Waals surface area contributed by atoms with Gasteiger partial charge in [-0.15, -0.1) is 6.42 Å². The van der Waals surface area contributed by atoms with Crippen LogP contribution in [0.1, 0.15) is 31.4 Å². The van der Waals surface area contributed by atoms with E-state index in [2.05, 4.69) is 20.8 Å². The summed E-state index contributed by atoms with van der Waals surface area (Å²) in [6.45, 7) is 0.547. The van der Waals surface area contributed by atoms with E-state index in [-0.39, 0.29) is 0 Å². The van der Waals surface area contributed by atoms with Crippen LogP contribution < -0.4 is 4.90 Å². The van der Waals surface area contributed by atoms with E-state index in [4.69, 9.17) is 11.7 Å². The summed E-state index contributed by atoms with van der Waals surface area (Å²) < 4.78 is 0. The number of aromatic nitrogens is 2. The van der Waals surface area contributed by atoms with Crippen molar-refractivity contribution in [1.29, 1.82) is 5.26 Å². The maximum atomic E-state index is 8.68. The van der Waals surface area contributed by atoms with Crippen molar-refractivity contribution < 1.29 is 0 Å². The Bertz CT molecular complexity index is 446. The van der Waals surface area contributed by atoms with Crippen molar-refractivity contribution in [3.05, 3.63) is 18.1 Å². The third kappa shape index (κ3) is 2.54. The standard InChI is InChI=1S/C13H14N4/c1-2-7-17(12-5-3-4-6-12)13-10-15-11(8-14)9-16-13/h1,9-10,12H,3-7H2. The van der Waals surface area contributed by atoms with Crippen LogP contribution in [0.3, 0.4) is 0 Å². The zero-order chi connectivity index (χ0) is 12.1. The van der Waals surface area contributed by atoms with E-state index in [9.17, 15) is 0 Å². The lowest BCUT2D eigenvalue weighted by Crippen LogP contribution is -2.34. The Morgan fingerprint density at radius 2 is 2.12 bits per heavy atom. The molecule has 0 atom stereocenters. The monoisotopic (exact) mass is 226 g/mol. The fourth-order valence-corrected chi connectivity index (χ4v) is 2.24. The van der Waals surface area contributed by atoms with Gasteiger partial charge in [-0.2, -0.15) is 5.26 Å². The molecule has 86 valence electrons. The molecule has 2 rings (SSSR count). The molecule has 1 aromatic rings. The number of hydrogen-bond acceptors (Lipinski definition) is 4. The zero-order valence-electron chi connectivity index (χ0n) is 9.63. The highest BCUT2D eigenvalue weighted by atomic mass is 15.2. The number of rotatable bonds is 3. The Morgan fingerprint density at radius 1 is 1.35 bits per heavy atom. The van der Waals surface area contributed by atoms with Gasteiger partial charge in [-0.25, -0.2) is 9.97 Å². The smallest absolute Gasteiger partial charge is 0.158 e. The SMILES string of the molecule is C#CCN(c1cnc(C#N)cn1)C1CCCC1. The summed E-state index contributed by atoms with van der Waals surface area (Å²) in [5.74, 6) is 3.44. The summed E-state index contributed by atoms with van der Waals surface area (Å²) in [5.41, 5.74) is 0.334. The summed E-state index contributed by atoms with van der Waals surface area (Å²) in [5, 5.41) is 8.68. The van der Waals surface area contributed by atoms with Gasteiger partial charge in [0.25, 0.3) is 0 Å². The highest BCUT2D eigenvalue weighted by molar-refractivity contribution is 5.40. The van der Waals surface area contributed by atoms with Crippen molar-refractivity contribution in [3.63, 3.8) is 0 Å². The van der Waals surface area contributed by atoms with Crippen LogP contribution in [0.15, 0.2) is 12.4 Å². The lowest BCUT2D eigenvalue weighted by molar-refractivity contribution is 0.627. The van der Waals surface area contributed by atoms with Crippen molar-refractivity contribution in [2.45, 2.75) is 31.7 Å². The van der Waals surface area contributed by atoms with Crippen molar-refractivity contribution in [3.8, 4) is 18.4 Å². The second kappa shape index (κ2) is 5.32. The number of nitriles is 1. The summed E-state index contributed by atoms with van der Waals surface area (Å²) >= 11 is 0. The van der Waals surface area contributed by atoms with Crippen LogP contribution in [0.5, 0.6) is 0 Å². The van der Waals surface area contributed by atoms with Gasteiger partial charge in [0.2, 0.25) is 0 Å². The topological polar surface area (TPSA) is 52.8 Å². The van der Waals surface area contributed by atoms with Gasteiger partial charge in [-0.05, 0) is 12.8 Å². The molecule has 1 aromatic heterocycles. The molecule has 0 unspecified atom stereocenters.